The summed E-state index contributed by atoms with van der Waals surface area (Å²) in [5.41, 5.74) is 1.17. The van der Waals surface area contributed by atoms with Gasteiger partial charge >= 0.3 is 0 Å². The number of hydrogen-bond donors (Lipinski definition) is 0. The summed E-state index contributed by atoms with van der Waals surface area (Å²) in [5, 5.41) is 0. The van der Waals surface area contributed by atoms with Crippen molar-refractivity contribution in [3.63, 3.8) is 0 Å². The third-order valence-corrected chi connectivity index (χ3v) is 2.28. The fraction of sp³-hybridized carbons (Fsp3) is 0.222. The summed E-state index contributed by atoms with van der Waals surface area (Å²) >= 11 is 3.38. The van der Waals surface area contributed by atoms with Crippen molar-refractivity contribution in [1.82, 2.24) is 9.88 Å². The average Bonchev–Trinajstić information content (AvgIpc) is 2.09. The van der Waals surface area contributed by atoms with Crippen molar-refractivity contribution in [2.45, 2.75) is 6.54 Å². The molecule has 1 aromatic rings. The Bertz CT molecular complexity index is 273. The highest BCUT2D eigenvalue weighted by atomic mass is 79.9. The molecule has 0 aromatic carbocycles. The maximum absolute atomic E-state index is 4.12. The molecular formula is C9H11BrN2. The average molecular weight is 227 g/mol. The standard InChI is InChI=1S/C9H11BrN2/c1-3-12(2)7-8-5-4-6-11-9(8)10/h3-6H,1,7H2,2H3. The van der Waals surface area contributed by atoms with Gasteiger partial charge < -0.3 is 4.90 Å². The maximum atomic E-state index is 4.12. The monoisotopic (exact) mass is 226 g/mol. The van der Waals surface area contributed by atoms with E-state index in [1.54, 1.807) is 12.4 Å². The van der Waals surface area contributed by atoms with Crippen LogP contribution in [0.4, 0.5) is 0 Å². The molecule has 0 aliphatic rings. The Morgan fingerprint density at radius 2 is 2.50 bits per heavy atom. The Morgan fingerprint density at radius 1 is 1.75 bits per heavy atom. The molecule has 3 heteroatoms. The van der Waals surface area contributed by atoms with Crippen LogP contribution in [0.15, 0.2) is 35.7 Å². The van der Waals surface area contributed by atoms with Crippen molar-refractivity contribution in [3.05, 3.63) is 41.3 Å². The van der Waals surface area contributed by atoms with Crippen LogP contribution in [0.3, 0.4) is 0 Å². The van der Waals surface area contributed by atoms with Crippen LogP contribution < -0.4 is 0 Å². The maximum Gasteiger partial charge on any atom is 0.111 e. The van der Waals surface area contributed by atoms with Crippen LogP contribution in [0.2, 0.25) is 0 Å². The van der Waals surface area contributed by atoms with Crippen LogP contribution in [0.25, 0.3) is 0 Å². The van der Waals surface area contributed by atoms with E-state index in [4.69, 9.17) is 0 Å². The van der Waals surface area contributed by atoms with Gasteiger partial charge in [0, 0.05) is 25.4 Å². The van der Waals surface area contributed by atoms with E-state index in [1.807, 2.05) is 24.1 Å². The molecule has 0 unspecified atom stereocenters. The normalized spacial score (nSPS) is 9.50. The molecule has 2 nitrogen and oxygen atoms in total. The molecule has 64 valence electrons. The van der Waals surface area contributed by atoms with Crippen LogP contribution in [0.1, 0.15) is 5.56 Å². The van der Waals surface area contributed by atoms with Crippen molar-refractivity contribution in [3.8, 4) is 0 Å². The van der Waals surface area contributed by atoms with Crippen molar-refractivity contribution < 1.29 is 0 Å². The van der Waals surface area contributed by atoms with E-state index in [1.165, 1.54) is 5.56 Å². The molecule has 1 rings (SSSR count). The highest BCUT2D eigenvalue weighted by Gasteiger charge is 1.99. The number of aromatic nitrogens is 1. The van der Waals surface area contributed by atoms with Gasteiger partial charge in [0.2, 0.25) is 0 Å². The van der Waals surface area contributed by atoms with Gasteiger partial charge in [-0.25, -0.2) is 4.98 Å². The third-order valence-electron chi connectivity index (χ3n) is 1.57. The summed E-state index contributed by atoms with van der Waals surface area (Å²) in [5.74, 6) is 0. The smallest absolute Gasteiger partial charge is 0.111 e. The van der Waals surface area contributed by atoms with Crippen molar-refractivity contribution >= 4 is 15.9 Å². The summed E-state index contributed by atoms with van der Waals surface area (Å²) < 4.78 is 0.902. The van der Waals surface area contributed by atoms with Crippen molar-refractivity contribution in [1.29, 1.82) is 0 Å². The zero-order valence-corrected chi connectivity index (χ0v) is 8.58. The first-order chi connectivity index (χ1) is 5.74. The minimum absolute atomic E-state index is 0.831. The lowest BCUT2D eigenvalue weighted by atomic mass is 10.3. The molecule has 0 aliphatic heterocycles. The van der Waals surface area contributed by atoms with Crippen LogP contribution in [-0.4, -0.2) is 16.9 Å². The molecule has 1 aromatic heterocycles. The molecule has 0 fully saturated rings. The van der Waals surface area contributed by atoms with Gasteiger partial charge in [0.25, 0.3) is 0 Å². The Balaban J connectivity index is 2.75. The van der Waals surface area contributed by atoms with E-state index in [2.05, 4.69) is 27.5 Å². The van der Waals surface area contributed by atoms with E-state index in [-0.39, 0.29) is 0 Å². The molecular weight excluding hydrogens is 216 g/mol. The Kier molecular flexibility index (Phi) is 3.29. The summed E-state index contributed by atoms with van der Waals surface area (Å²) in [7, 11) is 1.98. The van der Waals surface area contributed by atoms with Crippen molar-refractivity contribution in [2.75, 3.05) is 7.05 Å². The number of hydrogen-bond acceptors (Lipinski definition) is 2. The van der Waals surface area contributed by atoms with E-state index in [0.29, 0.717) is 0 Å². The molecule has 0 N–H and O–H groups in total. The minimum atomic E-state index is 0.831. The van der Waals surface area contributed by atoms with E-state index >= 15 is 0 Å². The van der Waals surface area contributed by atoms with E-state index in [0.717, 1.165) is 11.1 Å². The molecule has 0 spiro atoms. The van der Waals surface area contributed by atoms with Crippen LogP contribution in [0, 0.1) is 0 Å². The van der Waals surface area contributed by atoms with Gasteiger partial charge in [0.1, 0.15) is 4.60 Å². The second-order valence-corrected chi connectivity index (χ2v) is 3.30. The largest absolute Gasteiger partial charge is 0.377 e. The lowest BCUT2D eigenvalue weighted by Gasteiger charge is -2.13. The first kappa shape index (κ1) is 9.26. The number of halogens is 1. The molecule has 0 saturated carbocycles. The molecule has 0 aliphatic carbocycles. The molecule has 0 saturated heterocycles. The van der Waals surface area contributed by atoms with Gasteiger partial charge in [-0.05, 0) is 28.2 Å². The molecule has 0 bridgehead atoms. The van der Waals surface area contributed by atoms with Crippen molar-refractivity contribution in [2.24, 2.45) is 0 Å². The zero-order valence-electron chi connectivity index (χ0n) is 7.00. The lowest BCUT2D eigenvalue weighted by molar-refractivity contribution is 0.450. The topological polar surface area (TPSA) is 16.1 Å². The minimum Gasteiger partial charge on any atom is -0.377 e. The Hall–Kier alpha value is -0.830. The first-order valence-electron chi connectivity index (χ1n) is 3.66. The molecule has 12 heavy (non-hydrogen) atoms. The Morgan fingerprint density at radius 3 is 3.08 bits per heavy atom. The SMILES string of the molecule is C=CN(C)Cc1cccnc1Br. The van der Waals surface area contributed by atoms with Gasteiger partial charge in [-0.3, -0.25) is 0 Å². The second-order valence-electron chi connectivity index (χ2n) is 2.55. The van der Waals surface area contributed by atoms with Crippen LogP contribution >= 0.6 is 15.9 Å². The van der Waals surface area contributed by atoms with E-state index < -0.39 is 0 Å². The predicted molar refractivity (Wildman–Crippen MR) is 53.6 cm³/mol. The lowest BCUT2D eigenvalue weighted by Crippen LogP contribution is -2.09. The number of rotatable bonds is 3. The predicted octanol–water partition coefficient (Wildman–Crippen LogP) is 2.42. The van der Waals surface area contributed by atoms with Gasteiger partial charge in [-0.15, -0.1) is 0 Å². The molecule has 0 atom stereocenters. The fourth-order valence-electron chi connectivity index (χ4n) is 0.871. The van der Waals surface area contributed by atoms with Gasteiger partial charge in [0.05, 0.1) is 0 Å². The van der Waals surface area contributed by atoms with Gasteiger partial charge in [-0.2, -0.15) is 0 Å². The number of nitrogens with zero attached hydrogens (tertiary/aromatic N) is 2. The van der Waals surface area contributed by atoms with Crippen LogP contribution in [-0.2, 0) is 6.54 Å². The summed E-state index contributed by atoms with van der Waals surface area (Å²) in [6.45, 7) is 4.51. The third kappa shape index (κ3) is 2.34. The van der Waals surface area contributed by atoms with Gasteiger partial charge in [-0.1, -0.05) is 12.6 Å². The number of pyridine rings is 1. The van der Waals surface area contributed by atoms with Gasteiger partial charge in [0.15, 0.2) is 0 Å². The Labute approximate surface area is 81.0 Å². The second kappa shape index (κ2) is 4.26. The molecule has 0 amide bonds. The zero-order chi connectivity index (χ0) is 8.97. The highest BCUT2D eigenvalue weighted by Crippen LogP contribution is 2.13. The summed E-state index contributed by atoms with van der Waals surface area (Å²) in [6.07, 6.45) is 3.56. The highest BCUT2D eigenvalue weighted by molar-refractivity contribution is 9.10. The quantitative estimate of drug-likeness (QED) is 0.737. The molecule has 1 heterocycles. The summed E-state index contributed by atoms with van der Waals surface area (Å²) in [4.78, 5) is 6.12. The first-order valence-corrected chi connectivity index (χ1v) is 4.45. The van der Waals surface area contributed by atoms with Crippen LogP contribution in [0.5, 0.6) is 0 Å². The summed E-state index contributed by atoms with van der Waals surface area (Å²) in [6, 6.07) is 3.97. The fourth-order valence-corrected chi connectivity index (χ4v) is 1.25. The molecule has 0 radical (unpaired) electrons. The van der Waals surface area contributed by atoms with E-state index in [9.17, 15) is 0 Å².